The van der Waals surface area contributed by atoms with Crippen LogP contribution in [0.5, 0.6) is 0 Å². The number of carbonyl (C=O) groups excluding carboxylic acids is 3. The third-order valence-electron chi connectivity index (χ3n) is 4.40. The van der Waals surface area contributed by atoms with Crippen molar-refractivity contribution in [3.05, 3.63) is 18.2 Å². The SMILES string of the molecule is CCCCOC(=O)[C@](C)(Cc1cn(C(=O)OC(C)(C)C)cn1)N(COC)C(=O)OC(C)(C)C. The summed E-state index contributed by atoms with van der Waals surface area (Å²) < 4.78 is 22.7. The van der Waals surface area contributed by atoms with Crippen LogP contribution in [0.2, 0.25) is 0 Å². The van der Waals surface area contributed by atoms with E-state index in [1.54, 1.807) is 48.5 Å². The first-order valence-corrected chi connectivity index (χ1v) is 11.1. The summed E-state index contributed by atoms with van der Waals surface area (Å²) in [6.45, 7) is 14.0. The largest absolute Gasteiger partial charge is 0.464 e. The van der Waals surface area contributed by atoms with E-state index in [9.17, 15) is 14.4 Å². The van der Waals surface area contributed by atoms with E-state index in [-0.39, 0.29) is 19.8 Å². The molecule has 0 saturated heterocycles. The molecule has 1 aromatic heterocycles. The van der Waals surface area contributed by atoms with Crippen molar-refractivity contribution in [2.45, 2.75) is 91.4 Å². The molecule has 0 aliphatic carbocycles. The average Bonchev–Trinajstić information content (AvgIpc) is 3.11. The third kappa shape index (κ3) is 9.03. The molecular weight excluding hydrogens is 430 g/mol. The van der Waals surface area contributed by atoms with Crippen LogP contribution in [0.4, 0.5) is 9.59 Å². The number of ether oxygens (including phenoxy) is 4. The van der Waals surface area contributed by atoms with Crippen molar-refractivity contribution in [2.24, 2.45) is 0 Å². The highest BCUT2D eigenvalue weighted by atomic mass is 16.6. The van der Waals surface area contributed by atoms with Crippen LogP contribution in [-0.2, 0) is 30.2 Å². The van der Waals surface area contributed by atoms with Gasteiger partial charge in [-0.1, -0.05) is 13.3 Å². The average molecular weight is 470 g/mol. The molecule has 188 valence electrons. The second-order valence-electron chi connectivity index (χ2n) is 10.0. The predicted molar refractivity (Wildman–Crippen MR) is 122 cm³/mol. The van der Waals surface area contributed by atoms with Gasteiger partial charge >= 0.3 is 18.2 Å². The van der Waals surface area contributed by atoms with E-state index in [2.05, 4.69) is 4.98 Å². The molecular formula is C23H39N3O7. The van der Waals surface area contributed by atoms with Gasteiger partial charge in [-0.25, -0.2) is 23.9 Å². The van der Waals surface area contributed by atoms with Gasteiger partial charge in [-0.2, -0.15) is 0 Å². The van der Waals surface area contributed by atoms with E-state index in [1.165, 1.54) is 29.1 Å². The van der Waals surface area contributed by atoms with Gasteiger partial charge in [0.1, 0.15) is 29.8 Å². The molecule has 10 nitrogen and oxygen atoms in total. The van der Waals surface area contributed by atoms with Crippen molar-refractivity contribution < 1.29 is 33.3 Å². The fraction of sp³-hybridized carbons (Fsp3) is 0.739. The Morgan fingerprint density at radius 2 is 1.64 bits per heavy atom. The van der Waals surface area contributed by atoms with Crippen molar-refractivity contribution in [1.82, 2.24) is 14.5 Å². The minimum Gasteiger partial charge on any atom is -0.464 e. The van der Waals surface area contributed by atoms with E-state index < -0.39 is 34.9 Å². The van der Waals surface area contributed by atoms with Crippen LogP contribution in [0.15, 0.2) is 12.5 Å². The van der Waals surface area contributed by atoms with Crippen LogP contribution in [0.3, 0.4) is 0 Å². The molecule has 1 aromatic rings. The van der Waals surface area contributed by atoms with Gasteiger partial charge in [-0.15, -0.1) is 0 Å². The molecule has 0 spiro atoms. The minimum absolute atomic E-state index is 0.0314. The fourth-order valence-corrected chi connectivity index (χ4v) is 2.81. The Morgan fingerprint density at radius 3 is 2.15 bits per heavy atom. The van der Waals surface area contributed by atoms with Crippen LogP contribution < -0.4 is 0 Å². The summed E-state index contributed by atoms with van der Waals surface area (Å²) in [4.78, 5) is 44.0. The lowest BCUT2D eigenvalue weighted by Gasteiger charge is -2.38. The molecule has 33 heavy (non-hydrogen) atoms. The Kier molecular flexibility index (Phi) is 9.89. The van der Waals surface area contributed by atoms with Crippen molar-refractivity contribution in [3.8, 4) is 0 Å². The number of rotatable bonds is 9. The van der Waals surface area contributed by atoms with Crippen LogP contribution in [0, 0.1) is 0 Å². The molecule has 0 N–H and O–H groups in total. The smallest absolute Gasteiger partial charge is 0.419 e. The van der Waals surface area contributed by atoms with E-state index in [0.29, 0.717) is 12.1 Å². The molecule has 1 rings (SSSR count). The van der Waals surface area contributed by atoms with Gasteiger partial charge in [-0.3, -0.25) is 4.90 Å². The first kappa shape index (κ1) is 28.4. The summed E-state index contributed by atoms with van der Waals surface area (Å²) in [5, 5.41) is 0. The molecule has 0 unspecified atom stereocenters. The maximum absolute atomic E-state index is 13.2. The van der Waals surface area contributed by atoms with E-state index in [4.69, 9.17) is 18.9 Å². The lowest BCUT2D eigenvalue weighted by Crippen LogP contribution is -2.58. The monoisotopic (exact) mass is 469 g/mol. The van der Waals surface area contributed by atoms with Gasteiger partial charge in [0.2, 0.25) is 0 Å². The standard InChI is InChI=1S/C23H39N3O7/c1-10-11-12-31-18(27)23(8,26(16-30-9)20(29)33-22(5,6)7)13-17-14-25(15-24-17)19(28)32-21(2,3)4/h14-15H,10-13,16H2,1-9H3/t23-/m0/s1. The Hall–Kier alpha value is -2.62. The molecule has 1 atom stereocenters. The summed E-state index contributed by atoms with van der Waals surface area (Å²) in [6, 6.07) is 0. The summed E-state index contributed by atoms with van der Waals surface area (Å²) in [6.07, 6.45) is 2.94. The zero-order valence-electron chi connectivity index (χ0n) is 21.4. The highest BCUT2D eigenvalue weighted by Gasteiger charge is 2.46. The first-order valence-electron chi connectivity index (χ1n) is 11.1. The number of aromatic nitrogens is 2. The number of nitrogens with zero attached hydrogens (tertiary/aromatic N) is 3. The van der Waals surface area contributed by atoms with Gasteiger partial charge in [-0.05, 0) is 54.9 Å². The van der Waals surface area contributed by atoms with Gasteiger partial charge in [0.05, 0.1) is 12.3 Å². The van der Waals surface area contributed by atoms with E-state index in [1.807, 2.05) is 6.92 Å². The number of amides is 1. The van der Waals surface area contributed by atoms with Gasteiger partial charge in [0.15, 0.2) is 0 Å². The number of esters is 1. The molecule has 10 heteroatoms. The number of hydrogen-bond acceptors (Lipinski definition) is 8. The maximum atomic E-state index is 13.2. The zero-order valence-corrected chi connectivity index (χ0v) is 21.4. The second-order valence-corrected chi connectivity index (χ2v) is 10.0. The maximum Gasteiger partial charge on any atom is 0.419 e. The fourth-order valence-electron chi connectivity index (χ4n) is 2.81. The van der Waals surface area contributed by atoms with Crippen LogP contribution in [0.25, 0.3) is 0 Å². The number of unbranched alkanes of at least 4 members (excludes halogenated alkanes) is 1. The summed E-state index contributed by atoms with van der Waals surface area (Å²) in [7, 11) is 1.41. The van der Waals surface area contributed by atoms with Crippen molar-refractivity contribution in [2.75, 3.05) is 20.4 Å². The minimum atomic E-state index is -1.50. The summed E-state index contributed by atoms with van der Waals surface area (Å²) in [5.41, 5.74) is -2.57. The molecule has 0 aliphatic rings. The second kappa shape index (κ2) is 11.5. The highest BCUT2D eigenvalue weighted by molar-refractivity contribution is 5.86. The van der Waals surface area contributed by atoms with Gasteiger partial charge in [0, 0.05) is 19.7 Å². The van der Waals surface area contributed by atoms with Crippen LogP contribution in [-0.4, -0.2) is 69.8 Å². The Morgan fingerprint density at radius 1 is 1.03 bits per heavy atom. The predicted octanol–water partition coefficient (Wildman–Crippen LogP) is 4.15. The van der Waals surface area contributed by atoms with Crippen molar-refractivity contribution >= 4 is 18.2 Å². The molecule has 0 radical (unpaired) electrons. The number of carbonyl (C=O) groups is 3. The van der Waals surface area contributed by atoms with E-state index in [0.717, 1.165) is 6.42 Å². The lowest BCUT2D eigenvalue weighted by molar-refractivity contribution is -0.160. The Balaban J connectivity index is 3.28. The van der Waals surface area contributed by atoms with Crippen molar-refractivity contribution in [1.29, 1.82) is 0 Å². The number of methoxy groups -OCH3 is 1. The molecule has 0 aliphatic heterocycles. The van der Waals surface area contributed by atoms with Gasteiger partial charge in [0.25, 0.3) is 0 Å². The normalized spacial score (nSPS) is 13.7. The number of imidazole rings is 1. The highest BCUT2D eigenvalue weighted by Crippen LogP contribution is 2.25. The molecule has 1 amide bonds. The number of hydrogen-bond donors (Lipinski definition) is 0. The lowest BCUT2D eigenvalue weighted by atomic mass is 9.94. The quantitative estimate of drug-likeness (QED) is 0.230. The Bertz CT molecular complexity index is 808. The van der Waals surface area contributed by atoms with Gasteiger partial charge < -0.3 is 18.9 Å². The topological polar surface area (TPSA) is 109 Å². The van der Waals surface area contributed by atoms with Crippen LogP contribution in [0.1, 0.15) is 73.9 Å². The summed E-state index contributed by atoms with van der Waals surface area (Å²) in [5.74, 6) is -0.620. The Labute approximate surface area is 196 Å². The molecule has 0 fully saturated rings. The molecule has 1 heterocycles. The third-order valence-corrected chi connectivity index (χ3v) is 4.40. The first-order chi connectivity index (χ1) is 15.1. The van der Waals surface area contributed by atoms with Crippen molar-refractivity contribution in [3.63, 3.8) is 0 Å². The molecule has 0 aromatic carbocycles. The van der Waals surface area contributed by atoms with E-state index >= 15 is 0 Å². The zero-order chi connectivity index (χ0) is 25.4. The van der Waals surface area contributed by atoms with Crippen LogP contribution >= 0.6 is 0 Å². The molecule has 0 saturated carbocycles. The summed E-state index contributed by atoms with van der Waals surface area (Å²) >= 11 is 0. The molecule has 0 bridgehead atoms.